The maximum Gasteiger partial charge on any atom is 0.177 e. The van der Waals surface area contributed by atoms with Crippen LogP contribution in [0.4, 0.5) is 0 Å². The SMILES string of the molecule is CC(Br)C(=O)c1ccc(S)cc1S. The normalized spacial score (nSPS) is 12.6. The lowest BCUT2D eigenvalue weighted by Crippen LogP contribution is -2.10. The predicted octanol–water partition coefficient (Wildman–Crippen LogP) is 3.23. The Morgan fingerprint density at radius 3 is 2.54 bits per heavy atom. The molecule has 0 spiro atoms. The molecule has 1 aromatic carbocycles. The summed E-state index contributed by atoms with van der Waals surface area (Å²) in [7, 11) is 0. The van der Waals surface area contributed by atoms with Crippen molar-refractivity contribution in [2.24, 2.45) is 0 Å². The van der Waals surface area contributed by atoms with Gasteiger partial charge in [0.1, 0.15) is 0 Å². The van der Waals surface area contributed by atoms with Gasteiger partial charge in [-0.2, -0.15) is 0 Å². The summed E-state index contributed by atoms with van der Waals surface area (Å²) in [5.74, 6) is 0.0401. The molecule has 1 rings (SSSR count). The number of hydrogen-bond donors (Lipinski definition) is 2. The summed E-state index contributed by atoms with van der Waals surface area (Å²) in [6, 6.07) is 5.28. The number of ketones is 1. The van der Waals surface area contributed by atoms with Crippen LogP contribution in [0.5, 0.6) is 0 Å². The molecule has 0 amide bonds. The van der Waals surface area contributed by atoms with Crippen LogP contribution in [-0.4, -0.2) is 10.6 Å². The summed E-state index contributed by atoms with van der Waals surface area (Å²) in [5.41, 5.74) is 0.630. The molecule has 0 aliphatic rings. The average molecular weight is 277 g/mol. The Labute approximate surface area is 96.9 Å². The van der Waals surface area contributed by atoms with Crippen molar-refractivity contribution in [2.75, 3.05) is 0 Å². The Morgan fingerprint density at radius 1 is 1.46 bits per heavy atom. The maximum absolute atomic E-state index is 11.6. The minimum absolute atomic E-state index is 0.0401. The second-order valence-electron chi connectivity index (χ2n) is 2.68. The average Bonchev–Trinajstić information content (AvgIpc) is 2.03. The molecule has 13 heavy (non-hydrogen) atoms. The van der Waals surface area contributed by atoms with Crippen molar-refractivity contribution in [1.29, 1.82) is 0 Å². The smallest absolute Gasteiger partial charge is 0.177 e. The van der Waals surface area contributed by atoms with Crippen molar-refractivity contribution in [2.45, 2.75) is 21.5 Å². The zero-order valence-corrected chi connectivity index (χ0v) is 10.4. The Morgan fingerprint density at radius 2 is 2.08 bits per heavy atom. The van der Waals surface area contributed by atoms with Gasteiger partial charge < -0.3 is 0 Å². The Hall–Kier alpha value is 0.0700. The molecule has 0 saturated carbocycles. The summed E-state index contributed by atoms with van der Waals surface area (Å²) in [5, 5.41) is 0. The molecule has 0 saturated heterocycles. The molecule has 0 radical (unpaired) electrons. The molecular formula is C9H9BrOS2. The largest absolute Gasteiger partial charge is 0.293 e. The van der Waals surface area contributed by atoms with E-state index in [1.807, 2.05) is 0 Å². The van der Waals surface area contributed by atoms with E-state index >= 15 is 0 Å². The highest BCUT2D eigenvalue weighted by atomic mass is 79.9. The summed E-state index contributed by atoms with van der Waals surface area (Å²) in [6.07, 6.45) is 0. The summed E-state index contributed by atoms with van der Waals surface area (Å²) in [6.45, 7) is 1.80. The van der Waals surface area contributed by atoms with Gasteiger partial charge in [-0.05, 0) is 25.1 Å². The van der Waals surface area contributed by atoms with Crippen molar-refractivity contribution in [1.82, 2.24) is 0 Å². The van der Waals surface area contributed by atoms with Crippen LogP contribution in [0, 0.1) is 0 Å². The quantitative estimate of drug-likeness (QED) is 0.482. The van der Waals surface area contributed by atoms with Gasteiger partial charge in [-0.25, -0.2) is 0 Å². The first kappa shape index (κ1) is 11.1. The highest BCUT2D eigenvalue weighted by Gasteiger charge is 2.14. The molecule has 0 heterocycles. The fourth-order valence-corrected chi connectivity index (χ4v) is 1.82. The van der Waals surface area contributed by atoms with E-state index in [2.05, 4.69) is 41.2 Å². The van der Waals surface area contributed by atoms with E-state index in [4.69, 9.17) is 0 Å². The topological polar surface area (TPSA) is 17.1 Å². The van der Waals surface area contributed by atoms with Gasteiger partial charge in [0.2, 0.25) is 0 Å². The van der Waals surface area contributed by atoms with Gasteiger partial charge in [0, 0.05) is 15.4 Å². The maximum atomic E-state index is 11.6. The summed E-state index contributed by atoms with van der Waals surface area (Å²) in [4.78, 5) is 12.9. The Kier molecular flexibility index (Phi) is 3.88. The predicted molar refractivity (Wildman–Crippen MR) is 63.7 cm³/mol. The third-order valence-electron chi connectivity index (χ3n) is 1.61. The van der Waals surface area contributed by atoms with Crippen molar-refractivity contribution >= 4 is 47.0 Å². The molecule has 0 aromatic heterocycles. The molecule has 0 aliphatic heterocycles. The number of carbonyl (C=O) groups is 1. The number of rotatable bonds is 2. The second kappa shape index (κ2) is 4.53. The van der Waals surface area contributed by atoms with Crippen LogP contribution in [0.3, 0.4) is 0 Å². The number of halogens is 1. The second-order valence-corrected chi connectivity index (χ2v) is 5.05. The number of thiol groups is 2. The number of carbonyl (C=O) groups excluding carboxylic acids is 1. The third-order valence-corrected chi connectivity index (χ3v) is 2.67. The zero-order valence-electron chi connectivity index (χ0n) is 6.99. The number of Topliss-reactive ketones (excluding diaryl/α,β-unsaturated/α-hetero) is 1. The van der Waals surface area contributed by atoms with Gasteiger partial charge in [-0.1, -0.05) is 15.9 Å². The van der Waals surface area contributed by atoms with E-state index in [1.165, 1.54) is 0 Å². The lowest BCUT2D eigenvalue weighted by atomic mass is 10.1. The number of hydrogen-bond acceptors (Lipinski definition) is 3. The molecule has 70 valence electrons. The fraction of sp³-hybridized carbons (Fsp3) is 0.222. The van der Waals surface area contributed by atoms with Gasteiger partial charge in [0.05, 0.1) is 4.83 Å². The number of benzene rings is 1. The monoisotopic (exact) mass is 276 g/mol. The van der Waals surface area contributed by atoms with Crippen molar-refractivity contribution in [3.63, 3.8) is 0 Å². The lowest BCUT2D eigenvalue weighted by molar-refractivity contribution is 0.0993. The molecule has 1 unspecified atom stereocenters. The van der Waals surface area contributed by atoms with Crippen LogP contribution in [0.1, 0.15) is 17.3 Å². The van der Waals surface area contributed by atoms with E-state index < -0.39 is 0 Å². The van der Waals surface area contributed by atoms with Gasteiger partial charge in [-0.3, -0.25) is 4.79 Å². The van der Waals surface area contributed by atoms with Crippen LogP contribution in [0.2, 0.25) is 0 Å². The van der Waals surface area contributed by atoms with Gasteiger partial charge >= 0.3 is 0 Å². The van der Waals surface area contributed by atoms with Crippen LogP contribution < -0.4 is 0 Å². The molecule has 1 nitrogen and oxygen atoms in total. The minimum Gasteiger partial charge on any atom is -0.293 e. The molecule has 1 aromatic rings. The number of alkyl halides is 1. The summed E-state index contributed by atoms with van der Waals surface area (Å²) >= 11 is 11.6. The highest BCUT2D eigenvalue weighted by molar-refractivity contribution is 9.10. The van der Waals surface area contributed by atoms with Crippen molar-refractivity contribution in [3.8, 4) is 0 Å². The van der Waals surface area contributed by atoms with Gasteiger partial charge in [0.15, 0.2) is 5.78 Å². The van der Waals surface area contributed by atoms with Crippen molar-refractivity contribution < 1.29 is 4.79 Å². The molecule has 0 bridgehead atoms. The third kappa shape index (κ3) is 2.76. The Balaban J connectivity index is 3.09. The van der Waals surface area contributed by atoms with Crippen LogP contribution in [-0.2, 0) is 0 Å². The van der Waals surface area contributed by atoms with E-state index in [1.54, 1.807) is 25.1 Å². The standard InChI is InChI=1S/C9H9BrOS2/c1-5(10)9(11)7-3-2-6(12)4-8(7)13/h2-5,12-13H,1H3. The van der Waals surface area contributed by atoms with Crippen LogP contribution in [0.15, 0.2) is 28.0 Å². The molecular weight excluding hydrogens is 268 g/mol. The van der Waals surface area contributed by atoms with E-state index in [0.29, 0.717) is 10.5 Å². The fourth-order valence-electron chi connectivity index (χ4n) is 0.943. The Bertz CT molecular complexity index is 336. The summed E-state index contributed by atoms with van der Waals surface area (Å²) < 4.78 is 0. The van der Waals surface area contributed by atoms with E-state index in [9.17, 15) is 4.79 Å². The molecule has 0 fully saturated rings. The zero-order chi connectivity index (χ0) is 10.0. The lowest BCUT2D eigenvalue weighted by Gasteiger charge is -2.05. The van der Waals surface area contributed by atoms with Crippen molar-refractivity contribution in [3.05, 3.63) is 23.8 Å². The van der Waals surface area contributed by atoms with Crippen LogP contribution >= 0.6 is 41.2 Å². The van der Waals surface area contributed by atoms with E-state index in [-0.39, 0.29) is 10.6 Å². The first-order valence-corrected chi connectivity index (χ1v) is 5.53. The molecule has 0 N–H and O–H groups in total. The van der Waals surface area contributed by atoms with Gasteiger partial charge in [0.25, 0.3) is 0 Å². The molecule has 4 heteroatoms. The first-order chi connectivity index (χ1) is 6.02. The molecule has 0 aliphatic carbocycles. The van der Waals surface area contributed by atoms with E-state index in [0.717, 1.165) is 4.90 Å². The molecule has 1 atom stereocenters. The van der Waals surface area contributed by atoms with Gasteiger partial charge in [-0.15, -0.1) is 25.3 Å². The first-order valence-electron chi connectivity index (χ1n) is 3.72. The minimum atomic E-state index is -0.177. The van der Waals surface area contributed by atoms with Crippen LogP contribution in [0.25, 0.3) is 0 Å². The highest BCUT2D eigenvalue weighted by Crippen LogP contribution is 2.21.